The molecule has 3 rings (SSSR count). The van der Waals surface area contributed by atoms with Gasteiger partial charge in [0.25, 0.3) is 0 Å². The minimum atomic E-state index is -0.321. The van der Waals surface area contributed by atoms with Gasteiger partial charge in [0.05, 0.1) is 5.02 Å². The van der Waals surface area contributed by atoms with Gasteiger partial charge in [-0.25, -0.2) is 4.39 Å². The average Bonchev–Trinajstić information content (AvgIpc) is 2.39. The summed E-state index contributed by atoms with van der Waals surface area (Å²) >= 11 is 5.98. The van der Waals surface area contributed by atoms with E-state index in [9.17, 15) is 4.39 Å². The monoisotopic (exact) mass is 283 g/mol. The molecule has 0 aliphatic carbocycles. The molecule has 1 N–H and O–H groups in total. The van der Waals surface area contributed by atoms with Gasteiger partial charge in [0.2, 0.25) is 0 Å². The predicted molar refractivity (Wildman–Crippen MR) is 74.9 cm³/mol. The topological polar surface area (TPSA) is 18.5 Å². The van der Waals surface area contributed by atoms with Crippen molar-refractivity contribution in [2.75, 3.05) is 39.3 Å². The van der Waals surface area contributed by atoms with Gasteiger partial charge in [-0.2, -0.15) is 0 Å². The van der Waals surface area contributed by atoms with E-state index in [0.717, 1.165) is 51.4 Å². The van der Waals surface area contributed by atoms with Crippen molar-refractivity contribution in [1.29, 1.82) is 0 Å². The molecule has 0 atom stereocenters. The molecule has 2 aliphatic rings. The Balaban J connectivity index is 1.52. The molecule has 0 unspecified atom stereocenters. The van der Waals surface area contributed by atoms with E-state index < -0.39 is 0 Å². The lowest BCUT2D eigenvalue weighted by molar-refractivity contribution is 0.0223. The Morgan fingerprint density at radius 1 is 1.26 bits per heavy atom. The Hall–Kier alpha value is -0.680. The van der Waals surface area contributed by atoms with Crippen LogP contribution in [0.2, 0.25) is 5.02 Å². The molecule has 3 nitrogen and oxygen atoms in total. The normalized spacial score (nSPS) is 22.4. The smallest absolute Gasteiger partial charge is 0.142 e. The maximum absolute atomic E-state index is 13.4. The summed E-state index contributed by atoms with van der Waals surface area (Å²) in [4.78, 5) is 4.87. The summed E-state index contributed by atoms with van der Waals surface area (Å²) in [5, 5.41) is 3.64. The van der Waals surface area contributed by atoms with E-state index in [2.05, 4.69) is 15.1 Å². The predicted octanol–water partition coefficient (Wildman–Crippen LogP) is 1.57. The lowest BCUT2D eigenvalue weighted by Gasteiger charge is -2.47. The molecule has 5 heteroatoms. The van der Waals surface area contributed by atoms with Crippen LogP contribution in [0.5, 0.6) is 0 Å². The third kappa shape index (κ3) is 2.92. The van der Waals surface area contributed by atoms with Gasteiger partial charge >= 0.3 is 0 Å². The molecule has 1 aromatic rings. The van der Waals surface area contributed by atoms with Crippen molar-refractivity contribution in [3.05, 3.63) is 34.6 Å². The van der Waals surface area contributed by atoms with Gasteiger partial charge in [-0.3, -0.25) is 9.80 Å². The maximum Gasteiger partial charge on any atom is 0.142 e. The van der Waals surface area contributed by atoms with E-state index in [1.807, 2.05) is 6.07 Å². The van der Waals surface area contributed by atoms with E-state index in [4.69, 9.17) is 11.6 Å². The number of piperazine rings is 1. The zero-order chi connectivity index (χ0) is 13.2. The Bertz CT molecular complexity index is 442. The van der Waals surface area contributed by atoms with Crippen LogP contribution in [0.25, 0.3) is 0 Å². The van der Waals surface area contributed by atoms with Gasteiger partial charge in [-0.1, -0.05) is 23.7 Å². The molecule has 0 spiro atoms. The zero-order valence-corrected chi connectivity index (χ0v) is 11.7. The van der Waals surface area contributed by atoms with Crippen molar-refractivity contribution in [3.63, 3.8) is 0 Å². The number of hydrogen-bond donors (Lipinski definition) is 1. The minimum Gasteiger partial charge on any atom is -0.314 e. The summed E-state index contributed by atoms with van der Waals surface area (Å²) in [6.45, 7) is 7.33. The van der Waals surface area contributed by atoms with E-state index >= 15 is 0 Å². The third-order valence-corrected chi connectivity index (χ3v) is 4.45. The first-order valence-corrected chi connectivity index (χ1v) is 7.22. The molecule has 2 heterocycles. The van der Waals surface area contributed by atoms with E-state index in [1.54, 1.807) is 6.07 Å². The minimum absolute atomic E-state index is 0.271. The molecule has 104 valence electrons. The fourth-order valence-electron chi connectivity index (χ4n) is 2.86. The fraction of sp³-hybridized carbons (Fsp3) is 0.571. The lowest BCUT2D eigenvalue weighted by Crippen LogP contribution is -2.62. The van der Waals surface area contributed by atoms with Crippen LogP contribution in [0.1, 0.15) is 5.56 Å². The highest BCUT2D eigenvalue weighted by atomic mass is 35.5. The summed E-state index contributed by atoms with van der Waals surface area (Å²) in [7, 11) is 0. The lowest BCUT2D eigenvalue weighted by atomic mass is 10.0. The second kappa shape index (κ2) is 5.75. The van der Waals surface area contributed by atoms with Gasteiger partial charge in [-0.15, -0.1) is 0 Å². The largest absolute Gasteiger partial charge is 0.314 e. The molecule has 2 aliphatic heterocycles. The number of nitrogens with one attached hydrogen (secondary N) is 1. The Morgan fingerprint density at radius 3 is 2.74 bits per heavy atom. The first kappa shape index (κ1) is 13.3. The summed E-state index contributed by atoms with van der Waals surface area (Å²) in [5.41, 5.74) is 0.889. The molecule has 2 fully saturated rings. The first-order valence-electron chi connectivity index (χ1n) is 6.84. The van der Waals surface area contributed by atoms with Crippen LogP contribution in [0.4, 0.5) is 4.39 Å². The molecular formula is C14H19ClFN3. The maximum atomic E-state index is 13.4. The highest BCUT2D eigenvalue weighted by Crippen LogP contribution is 2.24. The van der Waals surface area contributed by atoms with E-state index in [0.29, 0.717) is 6.04 Å². The number of benzene rings is 1. The second-order valence-corrected chi connectivity index (χ2v) is 5.72. The van der Waals surface area contributed by atoms with Gasteiger partial charge in [0.1, 0.15) is 5.82 Å². The Morgan fingerprint density at radius 2 is 2.00 bits per heavy atom. The van der Waals surface area contributed by atoms with Gasteiger partial charge in [-0.05, 0) is 11.6 Å². The Labute approximate surface area is 118 Å². The standard InChI is InChI=1S/C14H19ClFN3/c15-14-11(2-1-3-13(14)16)8-18-9-12(10-18)19-6-4-17-5-7-19/h1-3,12,17H,4-10H2. The van der Waals surface area contributed by atoms with Crippen LogP contribution >= 0.6 is 11.6 Å². The summed E-state index contributed by atoms with van der Waals surface area (Å²) < 4.78 is 13.4. The molecule has 19 heavy (non-hydrogen) atoms. The first-order chi connectivity index (χ1) is 9.24. The molecule has 0 radical (unpaired) electrons. The van der Waals surface area contributed by atoms with E-state index in [-0.39, 0.29) is 10.8 Å². The van der Waals surface area contributed by atoms with Crippen LogP contribution in [-0.2, 0) is 6.54 Å². The van der Waals surface area contributed by atoms with Crippen LogP contribution < -0.4 is 5.32 Å². The number of hydrogen-bond acceptors (Lipinski definition) is 3. The quantitative estimate of drug-likeness (QED) is 0.908. The fourth-order valence-corrected chi connectivity index (χ4v) is 3.05. The number of likely N-dealkylation sites (tertiary alicyclic amines) is 1. The zero-order valence-electron chi connectivity index (χ0n) is 10.9. The molecule has 0 aromatic heterocycles. The SMILES string of the molecule is Fc1cccc(CN2CC(N3CCNCC3)C2)c1Cl. The summed E-state index contributed by atoms with van der Waals surface area (Å²) in [6.07, 6.45) is 0. The van der Waals surface area contributed by atoms with Gasteiger partial charge in [0.15, 0.2) is 0 Å². The number of halogens is 2. The van der Waals surface area contributed by atoms with Crippen LogP contribution in [0.15, 0.2) is 18.2 Å². The van der Waals surface area contributed by atoms with Crippen molar-refractivity contribution in [1.82, 2.24) is 15.1 Å². The summed E-state index contributed by atoms with van der Waals surface area (Å²) in [5.74, 6) is -0.321. The number of rotatable bonds is 3. The van der Waals surface area contributed by atoms with Crippen molar-refractivity contribution in [2.45, 2.75) is 12.6 Å². The molecule has 0 saturated carbocycles. The third-order valence-electron chi connectivity index (χ3n) is 4.03. The Kier molecular flexibility index (Phi) is 4.03. The van der Waals surface area contributed by atoms with Gasteiger partial charge < -0.3 is 5.32 Å². The average molecular weight is 284 g/mol. The van der Waals surface area contributed by atoms with Crippen LogP contribution in [-0.4, -0.2) is 55.1 Å². The van der Waals surface area contributed by atoms with Crippen molar-refractivity contribution < 1.29 is 4.39 Å². The highest BCUT2D eigenvalue weighted by molar-refractivity contribution is 6.31. The number of nitrogens with zero attached hydrogens (tertiary/aromatic N) is 2. The second-order valence-electron chi connectivity index (χ2n) is 5.35. The summed E-state index contributed by atoms with van der Waals surface area (Å²) in [6, 6.07) is 5.70. The van der Waals surface area contributed by atoms with E-state index in [1.165, 1.54) is 6.07 Å². The molecular weight excluding hydrogens is 265 g/mol. The molecule has 2 saturated heterocycles. The van der Waals surface area contributed by atoms with Crippen molar-refractivity contribution in [2.24, 2.45) is 0 Å². The van der Waals surface area contributed by atoms with Crippen LogP contribution in [0, 0.1) is 5.82 Å². The van der Waals surface area contributed by atoms with Crippen molar-refractivity contribution >= 4 is 11.6 Å². The van der Waals surface area contributed by atoms with Crippen molar-refractivity contribution in [3.8, 4) is 0 Å². The van der Waals surface area contributed by atoms with Gasteiger partial charge in [0, 0.05) is 51.9 Å². The molecule has 1 aromatic carbocycles. The highest BCUT2D eigenvalue weighted by Gasteiger charge is 2.32. The molecule has 0 amide bonds. The van der Waals surface area contributed by atoms with Crippen LogP contribution in [0.3, 0.4) is 0 Å². The molecule has 0 bridgehead atoms.